The van der Waals surface area contributed by atoms with Crippen LogP contribution < -0.4 is 5.73 Å². The number of aromatic nitrogens is 3. The number of rotatable bonds is 5. The Morgan fingerprint density at radius 2 is 2.00 bits per heavy atom. The second-order valence-electron chi connectivity index (χ2n) is 6.79. The Morgan fingerprint density at radius 3 is 2.55 bits per heavy atom. The zero-order valence-corrected chi connectivity index (χ0v) is 13.2. The van der Waals surface area contributed by atoms with E-state index in [0.717, 1.165) is 44.3 Å². The lowest BCUT2D eigenvalue weighted by Gasteiger charge is -2.45. The molecule has 0 spiro atoms. The largest absolute Gasteiger partial charge is 0.376 e. The quantitative estimate of drug-likeness (QED) is 0.900. The molecule has 5 heteroatoms. The highest BCUT2D eigenvalue weighted by Gasteiger charge is 2.44. The van der Waals surface area contributed by atoms with Gasteiger partial charge >= 0.3 is 0 Å². The Hall–Kier alpha value is -0.940. The molecule has 0 aliphatic heterocycles. The van der Waals surface area contributed by atoms with E-state index in [2.05, 4.69) is 31.1 Å². The van der Waals surface area contributed by atoms with Crippen LogP contribution in [0.25, 0.3) is 0 Å². The van der Waals surface area contributed by atoms with Crippen LogP contribution in [0, 0.1) is 5.41 Å². The Kier molecular flexibility index (Phi) is 4.49. The van der Waals surface area contributed by atoms with Gasteiger partial charge in [0.15, 0.2) is 0 Å². The Bertz CT molecular complexity index is 431. The van der Waals surface area contributed by atoms with Gasteiger partial charge in [-0.15, -0.1) is 5.10 Å². The fraction of sp³-hybridized carbons (Fsp3) is 0.867. The van der Waals surface area contributed by atoms with Gasteiger partial charge in [-0.2, -0.15) is 0 Å². The zero-order chi connectivity index (χ0) is 14.8. The SMILES string of the molecule is CCCn1nncc1C(N)C1(OC)CCC(C)(C)CC1. The topological polar surface area (TPSA) is 66.0 Å². The summed E-state index contributed by atoms with van der Waals surface area (Å²) in [5.74, 6) is 0. The molecule has 0 aromatic carbocycles. The molecule has 20 heavy (non-hydrogen) atoms. The number of aryl methyl sites for hydroxylation is 1. The summed E-state index contributed by atoms with van der Waals surface area (Å²) in [5, 5.41) is 8.18. The van der Waals surface area contributed by atoms with E-state index in [9.17, 15) is 0 Å². The van der Waals surface area contributed by atoms with Gasteiger partial charge in [0.1, 0.15) is 0 Å². The van der Waals surface area contributed by atoms with Crippen molar-refractivity contribution in [3.63, 3.8) is 0 Å². The van der Waals surface area contributed by atoms with Crippen LogP contribution in [0.2, 0.25) is 0 Å². The third kappa shape index (κ3) is 2.88. The molecule has 1 aromatic rings. The van der Waals surface area contributed by atoms with Gasteiger partial charge in [-0.05, 0) is 37.5 Å². The molecule has 1 aromatic heterocycles. The van der Waals surface area contributed by atoms with Crippen LogP contribution in [-0.2, 0) is 11.3 Å². The van der Waals surface area contributed by atoms with Crippen LogP contribution in [-0.4, -0.2) is 27.7 Å². The van der Waals surface area contributed by atoms with Crippen molar-refractivity contribution in [1.82, 2.24) is 15.0 Å². The molecular formula is C15H28N4O. The van der Waals surface area contributed by atoms with Crippen LogP contribution in [0.5, 0.6) is 0 Å². The van der Waals surface area contributed by atoms with E-state index in [4.69, 9.17) is 10.5 Å². The summed E-state index contributed by atoms with van der Waals surface area (Å²) in [7, 11) is 1.78. The summed E-state index contributed by atoms with van der Waals surface area (Å²) in [5.41, 5.74) is 7.66. The van der Waals surface area contributed by atoms with Crippen LogP contribution in [0.4, 0.5) is 0 Å². The minimum absolute atomic E-state index is 0.162. The van der Waals surface area contributed by atoms with E-state index in [1.165, 1.54) is 0 Å². The van der Waals surface area contributed by atoms with Crippen molar-refractivity contribution in [3.8, 4) is 0 Å². The molecule has 2 N–H and O–H groups in total. The molecule has 1 atom stereocenters. The summed E-state index contributed by atoms with van der Waals surface area (Å²) in [6, 6.07) is -0.162. The third-order valence-electron chi connectivity index (χ3n) is 4.82. The second-order valence-corrected chi connectivity index (χ2v) is 6.79. The Morgan fingerprint density at radius 1 is 1.35 bits per heavy atom. The standard InChI is InChI=1S/C15H28N4O/c1-5-10-19-12(11-17-18-19)13(16)15(20-4)8-6-14(2,3)7-9-15/h11,13H,5-10,16H2,1-4H3. The smallest absolute Gasteiger partial charge is 0.0886 e. The average molecular weight is 280 g/mol. The predicted octanol–water partition coefficient (Wildman–Crippen LogP) is 2.67. The van der Waals surface area contributed by atoms with Crippen molar-refractivity contribution in [2.24, 2.45) is 11.1 Å². The number of nitrogens with zero attached hydrogens (tertiary/aromatic N) is 3. The lowest BCUT2D eigenvalue weighted by Crippen LogP contribution is -2.48. The molecule has 114 valence electrons. The van der Waals surface area contributed by atoms with Crippen molar-refractivity contribution >= 4 is 0 Å². The maximum absolute atomic E-state index is 6.55. The van der Waals surface area contributed by atoms with E-state index in [0.29, 0.717) is 5.41 Å². The average Bonchev–Trinajstić information content (AvgIpc) is 2.87. The summed E-state index contributed by atoms with van der Waals surface area (Å²) in [6.45, 7) is 7.63. The first-order valence-corrected chi connectivity index (χ1v) is 7.63. The molecule has 0 bridgehead atoms. The normalized spacial score (nSPS) is 22.6. The van der Waals surface area contributed by atoms with Crippen LogP contribution in [0.3, 0.4) is 0 Å². The summed E-state index contributed by atoms with van der Waals surface area (Å²) < 4.78 is 7.82. The highest BCUT2D eigenvalue weighted by Crippen LogP contribution is 2.46. The first-order valence-electron chi connectivity index (χ1n) is 7.63. The second kappa shape index (κ2) is 5.82. The van der Waals surface area contributed by atoms with E-state index in [1.807, 2.05) is 4.68 Å². The minimum Gasteiger partial charge on any atom is -0.376 e. The van der Waals surface area contributed by atoms with Gasteiger partial charge in [-0.3, -0.25) is 0 Å². The molecular weight excluding hydrogens is 252 g/mol. The Labute approximate surface area is 121 Å². The number of nitrogens with two attached hydrogens (primary N) is 1. The molecule has 0 radical (unpaired) electrons. The van der Waals surface area contributed by atoms with Crippen LogP contribution in [0.15, 0.2) is 6.20 Å². The van der Waals surface area contributed by atoms with Gasteiger partial charge in [0.25, 0.3) is 0 Å². The van der Waals surface area contributed by atoms with Crippen molar-refractivity contribution in [2.75, 3.05) is 7.11 Å². The lowest BCUT2D eigenvalue weighted by atomic mass is 9.68. The molecule has 1 saturated carbocycles. The molecule has 1 fully saturated rings. The lowest BCUT2D eigenvalue weighted by molar-refractivity contribution is -0.0809. The van der Waals surface area contributed by atoms with E-state index in [1.54, 1.807) is 13.3 Å². The van der Waals surface area contributed by atoms with Crippen molar-refractivity contribution in [1.29, 1.82) is 0 Å². The molecule has 5 nitrogen and oxygen atoms in total. The monoisotopic (exact) mass is 280 g/mol. The molecule has 1 aliphatic carbocycles. The summed E-state index contributed by atoms with van der Waals surface area (Å²) >= 11 is 0. The molecule has 1 aliphatic rings. The third-order valence-corrected chi connectivity index (χ3v) is 4.82. The van der Waals surface area contributed by atoms with Crippen molar-refractivity contribution in [2.45, 2.75) is 71.1 Å². The van der Waals surface area contributed by atoms with E-state index in [-0.39, 0.29) is 11.6 Å². The number of methoxy groups -OCH3 is 1. The summed E-state index contributed by atoms with van der Waals surface area (Å²) in [4.78, 5) is 0. The van der Waals surface area contributed by atoms with Crippen molar-refractivity contribution < 1.29 is 4.74 Å². The molecule has 1 heterocycles. The fourth-order valence-electron chi connectivity index (χ4n) is 3.15. The van der Waals surface area contributed by atoms with Crippen LogP contribution in [0.1, 0.15) is 64.6 Å². The molecule has 2 rings (SSSR count). The zero-order valence-electron chi connectivity index (χ0n) is 13.2. The molecule has 0 amide bonds. The van der Waals surface area contributed by atoms with Gasteiger partial charge in [0, 0.05) is 13.7 Å². The number of ether oxygens (including phenoxy) is 1. The number of hydrogen-bond donors (Lipinski definition) is 1. The number of hydrogen-bond acceptors (Lipinski definition) is 4. The van der Waals surface area contributed by atoms with Gasteiger partial charge in [-0.25, -0.2) is 4.68 Å². The highest BCUT2D eigenvalue weighted by molar-refractivity contribution is 5.11. The van der Waals surface area contributed by atoms with Gasteiger partial charge in [-0.1, -0.05) is 26.0 Å². The first kappa shape index (κ1) is 15.4. The van der Waals surface area contributed by atoms with Crippen LogP contribution >= 0.6 is 0 Å². The Balaban J connectivity index is 2.21. The van der Waals surface area contributed by atoms with Gasteiger partial charge in [0.05, 0.1) is 23.5 Å². The van der Waals surface area contributed by atoms with Crippen molar-refractivity contribution in [3.05, 3.63) is 11.9 Å². The summed E-state index contributed by atoms with van der Waals surface area (Å²) in [6.07, 6.45) is 7.09. The maximum atomic E-state index is 6.55. The highest BCUT2D eigenvalue weighted by atomic mass is 16.5. The first-order chi connectivity index (χ1) is 9.44. The minimum atomic E-state index is -0.275. The molecule has 0 saturated heterocycles. The molecule has 1 unspecified atom stereocenters. The maximum Gasteiger partial charge on any atom is 0.0886 e. The van der Waals surface area contributed by atoms with E-state index >= 15 is 0 Å². The predicted molar refractivity (Wildman–Crippen MR) is 79.2 cm³/mol. The van der Waals surface area contributed by atoms with Gasteiger partial charge in [0.2, 0.25) is 0 Å². The fourth-order valence-corrected chi connectivity index (χ4v) is 3.15. The van der Waals surface area contributed by atoms with Gasteiger partial charge < -0.3 is 10.5 Å². The van der Waals surface area contributed by atoms with E-state index < -0.39 is 0 Å².